The van der Waals surface area contributed by atoms with Crippen LogP contribution < -0.4 is 10.6 Å². The van der Waals surface area contributed by atoms with Crippen molar-refractivity contribution in [2.24, 2.45) is 0 Å². The van der Waals surface area contributed by atoms with E-state index >= 15 is 0 Å². The molecule has 0 fully saturated rings. The molecular formula is C11H24N2O. The predicted molar refractivity (Wildman–Crippen MR) is 60.3 cm³/mol. The molecule has 0 aliphatic heterocycles. The first-order valence-corrected chi connectivity index (χ1v) is 5.73. The van der Waals surface area contributed by atoms with Crippen LogP contribution in [0.5, 0.6) is 0 Å². The Bertz CT molecular complexity index is 148. The zero-order valence-electron chi connectivity index (χ0n) is 9.73. The lowest BCUT2D eigenvalue weighted by Crippen LogP contribution is -2.42. The summed E-state index contributed by atoms with van der Waals surface area (Å²) in [5.41, 5.74) is 0. The van der Waals surface area contributed by atoms with Gasteiger partial charge in [0.25, 0.3) is 0 Å². The van der Waals surface area contributed by atoms with Crippen molar-refractivity contribution in [3.8, 4) is 0 Å². The Hall–Kier alpha value is -0.570. The Morgan fingerprint density at radius 1 is 1.14 bits per heavy atom. The van der Waals surface area contributed by atoms with Crippen LogP contribution in [0.2, 0.25) is 0 Å². The molecule has 0 aromatic heterocycles. The van der Waals surface area contributed by atoms with Crippen LogP contribution in [0.4, 0.5) is 0 Å². The van der Waals surface area contributed by atoms with Gasteiger partial charge in [-0.15, -0.1) is 0 Å². The molecule has 0 aromatic rings. The summed E-state index contributed by atoms with van der Waals surface area (Å²) in [6.07, 6.45) is 4.60. The second-order valence-corrected chi connectivity index (χ2v) is 3.67. The molecule has 0 radical (unpaired) electrons. The van der Waals surface area contributed by atoms with E-state index in [0.29, 0.717) is 0 Å². The molecule has 14 heavy (non-hydrogen) atoms. The van der Waals surface area contributed by atoms with Gasteiger partial charge in [-0.3, -0.25) is 4.79 Å². The van der Waals surface area contributed by atoms with Crippen molar-refractivity contribution in [1.82, 2.24) is 10.6 Å². The molecule has 0 saturated heterocycles. The maximum atomic E-state index is 11.4. The third-order valence-corrected chi connectivity index (χ3v) is 2.17. The molecule has 0 heterocycles. The van der Waals surface area contributed by atoms with Crippen molar-refractivity contribution < 1.29 is 4.79 Å². The van der Waals surface area contributed by atoms with Crippen LogP contribution in [-0.4, -0.2) is 25.0 Å². The smallest absolute Gasteiger partial charge is 0.236 e. The van der Waals surface area contributed by atoms with Gasteiger partial charge in [-0.2, -0.15) is 0 Å². The van der Waals surface area contributed by atoms with Gasteiger partial charge in [0.05, 0.1) is 6.04 Å². The van der Waals surface area contributed by atoms with Crippen molar-refractivity contribution in [1.29, 1.82) is 0 Å². The third-order valence-electron chi connectivity index (χ3n) is 2.17. The SMILES string of the molecule is CCCCCNC(C)C(=O)NCCC. The van der Waals surface area contributed by atoms with Crippen LogP contribution >= 0.6 is 0 Å². The zero-order chi connectivity index (χ0) is 10.8. The van der Waals surface area contributed by atoms with E-state index in [1.807, 2.05) is 6.92 Å². The topological polar surface area (TPSA) is 41.1 Å². The highest BCUT2D eigenvalue weighted by molar-refractivity contribution is 5.81. The Labute approximate surface area is 87.6 Å². The van der Waals surface area contributed by atoms with Gasteiger partial charge in [0.15, 0.2) is 0 Å². The van der Waals surface area contributed by atoms with E-state index in [1.165, 1.54) is 12.8 Å². The minimum Gasteiger partial charge on any atom is -0.355 e. The monoisotopic (exact) mass is 200 g/mol. The molecular weight excluding hydrogens is 176 g/mol. The van der Waals surface area contributed by atoms with Gasteiger partial charge in [-0.1, -0.05) is 26.7 Å². The number of carbonyl (C=O) groups is 1. The number of nitrogens with one attached hydrogen (secondary N) is 2. The highest BCUT2D eigenvalue weighted by Gasteiger charge is 2.09. The van der Waals surface area contributed by atoms with Gasteiger partial charge in [0, 0.05) is 6.54 Å². The van der Waals surface area contributed by atoms with Crippen LogP contribution in [-0.2, 0) is 4.79 Å². The molecule has 0 aromatic carbocycles. The molecule has 3 heteroatoms. The second-order valence-electron chi connectivity index (χ2n) is 3.67. The fourth-order valence-electron chi connectivity index (χ4n) is 1.19. The minimum atomic E-state index is -0.0570. The van der Waals surface area contributed by atoms with Crippen molar-refractivity contribution in [2.45, 2.75) is 52.5 Å². The summed E-state index contributed by atoms with van der Waals surface area (Å²) in [5.74, 6) is 0.114. The summed E-state index contributed by atoms with van der Waals surface area (Å²) in [7, 11) is 0. The molecule has 2 N–H and O–H groups in total. The Kier molecular flexibility index (Phi) is 8.64. The Morgan fingerprint density at radius 3 is 2.43 bits per heavy atom. The van der Waals surface area contributed by atoms with Crippen LogP contribution in [0.25, 0.3) is 0 Å². The zero-order valence-corrected chi connectivity index (χ0v) is 9.73. The molecule has 0 spiro atoms. The number of amides is 1. The normalized spacial score (nSPS) is 12.5. The van der Waals surface area contributed by atoms with Gasteiger partial charge in [0.1, 0.15) is 0 Å². The molecule has 0 rings (SSSR count). The van der Waals surface area contributed by atoms with Gasteiger partial charge in [-0.25, -0.2) is 0 Å². The Balaban J connectivity index is 3.42. The van der Waals surface area contributed by atoms with E-state index in [-0.39, 0.29) is 11.9 Å². The van der Waals surface area contributed by atoms with Crippen LogP contribution in [0.15, 0.2) is 0 Å². The van der Waals surface area contributed by atoms with E-state index in [9.17, 15) is 4.79 Å². The van der Waals surface area contributed by atoms with Crippen LogP contribution in [0.3, 0.4) is 0 Å². The molecule has 0 aliphatic carbocycles. The summed E-state index contributed by atoms with van der Waals surface area (Å²) < 4.78 is 0. The molecule has 3 nitrogen and oxygen atoms in total. The first kappa shape index (κ1) is 13.4. The first-order valence-electron chi connectivity index (χ1n) is 5.73. The van der Waals surface area contributed by atoms with E-state index in [1.54, 1.807) is 0 Å². The van der Waals surface area contributed by atoms with Gasteiger partial charge >= 0.3 is 0 Å². The second kappa shape index (κ2) is 9.00. The number of rotatable bonds is 8. The minimum absolute atomic E-state index is 0.0570. The average molecular weight is 200 g/mol. The van der Waals surface area contributed by atoms with Gasteiger partial charge in [-0.05, 0) is 26.3 Å². The summed E-state index contributed by atoms with van der Waals surface area (Å²) in [4.78, 5) is 11.4. The average Bonchev–Trinajstić information content (AvgIpc) is 2.20. The largest absolute Gasteiger partial charge is 0.355 e. The van der Waals surface area contributed by atoms with Gasteiger partial charge < -0.3 is 10.6 Å². The van der Waals surface area contributed by atoms with Crippen LogP contribution in [0.1, 0.15) is 46.5 Å². The van der Waals surface area contributed by atoms with E-state index < -0.39 is 0 Å². The highest BCUT2D eigenvalue weighted by atomic mass is 16.2. The summed E-state index contributed by atoms with van der Waals surface area (Å²) in [6.45, 7) is 7.86. The quantitative estimate of drug-likeness (QED) is 0.585. The summed E-state index contributed by atoms with van der Waals surface area (Å²) >= 11 is 0. The number of hydrogen-bond donors (Lipinski definition) is 2. The van der Waals surface area contributed by atoms with Crippen molar-refractivity contribution in [3.63, 3.8) is 0 Å². The fourth-order valence-corrected chi connectivity index (χ4v) is 1.19. The lowest BCUT2D eigenvalue weighted by Gasteiger charge is -2.13. The molecule has 0 bridgehead atoms. The molecule has 1 amide bonds. The lowest BCUT2D eigenvalue weighted by molar-refractivity contribution is -0.122. The van der Waals surface area contributed by atoms with E-state index in [0.717, 1.165) is 25.9 Å². The molecule has 1 unspecified atom stereocenters. The third kappa shape index (κ3) is 6.89. The summed E-state index contributed by atoms with van der Waals surface area (Å²) in [6, 6.07) is -0.0570. The van der Waals surface area contributed by atoms with E-state index in [2.05, 4.69) is 24.5 Å². The molecule has 84 valence electrons. The van der Waals surface area contributed by atoms with Crippen LogP contribution in [0, 0.1) is 0 Å². The van der Waals surface area contributed by atoms with Crippen molar-refractivity contribution in [2.75, 3.05) is 13.1 Å². The number of carbonyl (C=O) groups excluding carboxylic acids is 1. The predicted octanol–water partition coefficient (Wildman–Crippen LogP) is 1.68. The molecule has 0 aliphatic rings. The number of hydrogen-bond acceptors (Lipinski definition) is 2. The molecule has 1 atom stereocenters. The van der Waals surface area contributed by atoms with Crippen molar-refractivity contribution in [3.05, 3.63) is 0 Å². The first-order chi connectivity index (χ1) is 6.72. The lowest BCUT2D eigenvalue weighted by atomic mass is 10.2. The molecule has 0 saturated carbocycles. The number of unbranched alkanes of at least 4 members (excludes halogenated alkanes) is 2. The fraction of sp³-hybridized carbons (Fsp3) is 0.909. The van der Waals surface area contributed by atoms with Gasteiger partial charge in [0.2, 0.25) is 5.91 Å². The Morgan fingerprint density at radius 2 is 1.86 bits per heavy atom. The standard InChI is InChI=1S/C11H24N2O/c1-4-6-7-9-12-10(3)11(14)13-8-5-2/h10,12H,4-9H2,1-3H3,(H,13,14). The highest BCUT2D eigenvalue weighted by Crippen LogP contribution is 1.92. The van der Waals surface area contributed by atoms with Crippen molar-refractivity contribution >= 4 is 5.91 Å². The maximum Gasteiger partial charge on any atom is 0.236 e. The summed E-state index contributed by atoms with van der Waals surface area (Å²) in [5, 5.41) is 6.09. The van der Waals surface area contributed by atoms with E-state index in [4.69, 9.17) is 0 Å². The maximum absolute atomic E-state index is 11.4.